The van der Waals surface area contributed by atoms with Crippen LogP contribution < -0.4 is 0 Å². The molecule has 0 radical (unpaired) electrons. The Labute approximate surface area is 112 Å². The molecule has 16 heavy (non-hydrogen) atoms. The number of hydrogen-bond donors (Lipinski definition) is 0. The van der Waals surface area contributed by atoms with Crippen LogP contribution in [0.4, 0.5) is 0 Å². The van der Waals surface area contributed by atoms with Gasteiger partial charge in [0.15, 0.2) is 0 Å². The maximum atomic E-state index is 3.55. The van der Waals surface area contributed by atoms with Gasteiger partial charge in [0, 0.05) is 10.7 Å². The van der Waals surface area contributed by atoms with Gasteiger partial charge in [-0.2, -0.15) is 0 Å². The lowest BCUT2D eigenvalue weighted by Crippen LogP contribution is -2.04. The van der Waals surface area contributed by atoms with E-state index in [0.29, 0.717) is 0 Å². The predicted molar refractivity (Wildman–Crippen MR) is 76.1 cm³/mol. The van der Waals surface area contributed by atoms with E-state index in [0.717, 1.165) is 10.7 Å². The molecule has 0 unspecified atom stereocenters. The van der Waals surface area contributed by atoms with Crippen molar-refractivity contribution >= 4 is 31.9 Å². The minimum Gasteiger partial charge on any atom is -0.0876 e. The lowest BCUT2D eigenvalue weighted by Gasteiger charge is -2.28. The van der Waals surface area contributed by atoms with Gasteiger partial charge in [0.1, 0.15) is 0 Å². The Bertz CT molecular complexity index is 493. The monoisotopic (exact) mass is 336 g/mol. The van der Waals surface area contributed by atoms with Crippen molar-refractivity contribution in [3.8, 4) is 22.3 Å². The zero-order chi connectivity index (χ0) is 11.1. The summed E-state index contributed by atoms with van der Waals surface area (Å²) < 4.78 is 0. The van der Waals surface area contributed by atoms with Gasteiger partial charge in [0.05, 0.1) is 0 Å². The van der Waals surface area contributed by atoms with Gasteiger partial charge in [-0.05, 0) is 33.4 Å². The first-order chi connectivity index (χ1) is 7.86. The van der Waals surface area contributed by atoms with E-state index in [1.807, 2.05) is 0 Å². The van der Waals surface area contributed by atoms with Crippen LogP contribution in [0.1, 0.15) is 11.1 Å². The Balaban J connectivity index is 2.25. The van der Waals surface area contributed by atoms with Gasteiger partial charge in [-0.15, -0.1) is 0 Å². The van der Waals surface area contributed by atoms with Crippen LogP contribution in [0.15, 0.2) is 36.4 Å². The van der Waals surface area contributed by atoms with Gasteiger partial charge >= 0.3 is 0 Å². The fourth-order valence-corrected chi connectivity index (χ4v) is 3.35. The highest BCUT2D eigenvalue weighted by Gasteiger charge is 2.26. The predicted octanol–water partition coefficient (Wildman–Crippen LogP) is 5.12. The Morgan fingerprint density at radius 3 is 1.50 bits per heavy atom. The maximum absolute atomic E-state index is 3.55. The standard InChI is InChI=1S/C14H10Br2/c15-7-9-3-1-5-11-13(9)12-6-2-4-10(8-16)14(11)12/h1-6H,7-8H2. The van der Waals surface area contributed by atoms with E-state index in [1.165, 1.54) is 33.4 Å². The quantitative estimate of drug-likeness (QED) is 0.569. The third-order valence-corrected chi connectivity index (χ3v) is 4.34. The lowest BCUT2D eigenvalue weighted by atomic mass is 9.76. The minimum absolute atomic E-state index is 0.925. The Morgan fingerprint density at radius 1 is 0.688 bits per heavy atom. The summed E-state index contributed by atoms with van der Waals surface area (Å²) in [7, 11) is 0. The molecule has 0 atom stereocenters. The van der Waals surface area contributed by atoms with Crippen molar-refractivity contribution in [3.63, 3.8) is 0 Å². The molecule has 0 aliphatic heterocycles. The summed E-state index contributed by atoms with van der Waals surface area (Å²) >= 11 is 7.11. The highest BCUT2D eigenvalue weighted by atomic mass is 79.9. The molecule has 0 aromatic heterocycles. The van der Waals surface area contributed by atoms with Crippen LogP contribution in [0.25, 0.3) is 22.3 Å². The van der Waals surface area contributed by atoms with E-state index >= 15 is 0 Å². The first kappa shape index (κ1) is 10.5. The molecule has 1 aliphatic carbocycles. The molecule has 1 aliphatic rings. The molecule has 2 aromatic carbocycles. The van der Waals surface area contributed by atoms with Crippen LogP contribution >= 0.6 is 31.9 Å². The van der Waals surface area contributed by atoms with Crippen LogP contribution in [-0.4, -0.2) is 0 Å². The van der Waals surface area contributed by atoms with Gasteiger partial charge in [-0.3, -0.25) is 0 Å². The van der Waals surface area contributed by atoms with Crippen LogP contribution in [0.2, 0.25) is 0 Å². The summed E-state index contributed by atoms with van der Waals surface area (Å²) in [6.07, 6.45) is 0. The summed E-state index contributed by atoms with van der Waals surface area (Å²) in [6, 6.07) is 13.1. The first-order valence-electron chi connectivity index (χ1n) is 5.23. The molecule has 2 aromatic rings. The van der Waals surface area contributed by atoms with Crippen molar-refractivity contribution in [3.05, 3.63) is 47.5 Å². The van der Waals surface area contributed by atoms with Crippen molar-refractivity contribution in [1.82, 2.24) is 0 Å². The normalized spacial score (nSPS) is 11.6. The first-order valence-corrected chi connectivity index (χ1v) is 7.47. The highest BCUT2D eigenvalue weighted by molar-refractivity contribution is 9.08. The van der Waals surface area contributed by atoms with E-state index in [9.17, 15) is 0 Å². The molecule has 3 rings (SSSR count). The van der Waals surface area contributed by atoms with Gasteiger partial charge in [-0.25, -0.2) is 0 Å². The van der Waals surface area contributed by atoms with Crippen molar-refractivity contribution in [2.75, 3.05) is 0 Å². The molecule has 0 heterocycles. The number of hydrogen-bond acceptors (Lipinski definition) is 0. The van der Waals surface area contributed by atoms with Crippen molar-refractivity contribution in [2.45, 2.75) is 10.7 Å². The van der Waals surface area contributed by atoms with Gasteiger partial charge in [0.25, 0.3) is 0 Å². The summed E-state index contributed by atoms with van der Waals surface area (Å²) in [5.74, 6) is 0. The van der Waals surface area contributed by atoms with Gasteiger partial charge in [-0.1, -0.05) is 68.3 Å². The second-order valence-corrected chi connectivity index (χ2v) is 5.07. The molecule has 0 nitrogen and oxygen atoms in total. The smallest absolute Gasteiger partial charge is 0.0289 e. The molecule has 0 amide bonds. The Kier molecular flexibility index (Phi) is 2.64. The maximum Gasteiger partial charge on any atom is 0.0289 e. The van der Waals surface area contributed by atoms with Gasteiger partial charge < -0.3 is 0 Å². The van der Waals surface area contributed by atoms with Crippen molar-refractivity contribution in [2.24, 2.45) is 0 Å². The van der Waals surface area contributed by atoms with Crippen LogP contribution in [-0.2, 0) is 10.7 Å². The third-order valence-electron chi connectivity index (χ3n) is 3.13. The van der Waals surface area contributed by atoms with Gasteiger partial charge in [0.2, 0.25) is 0 Å². The van der Waals surface area contributed by atoms with E-state index in [4.69, 9.17) is 0 Å². The summed E-state index contributed by atoms with van der Waals surface area (Å²) in [4.78, 5) is 0. The van der Waals surface area contributed by atoms with Crippen LogP contribution in [0.5, 0.6) is 0 Å². The number of alkyl halides is 2. The molecule has 0 saturated heterocycles. The summed E-state index contributed by atoms with van der Waals surface area (Å²) in [5, 5.41) is 1.85. The molecule has 0 fully saturated rings. The van der Waals surface area contributed by atoms with Crippen LogP contribution in [0.3, 0.4) is 0 Å². The molecular formula is C14H10Br2. The third kappa shape index (κ3) is 1.33. The number of fused-ring (bicyclic) bond motifs is 4. The average molecular weight is 338 g/mol. The minimum atomic E-state index is 0.925. The van der Waals surface area contributed by atoms with E-state index in [1.54, 1.807) is 0 Å². The highest BCUT2D eigenvalue weighted by Crippen LogP contribution is 2.51. The van der Waals surface area contributed by atoms with Crippen LogP contribution in [0, 0.1) is 0 Å². The molecule has 0 spiro atoms. The Morgan fingerprint density at radius 2 is 1.12 bits per heavy atom. The zero-order valence-corrected chi connectivity index (χ0v) is 11.8. The van der Waals surface area contributed by atoms with Crippen molar-refractivity contribution in [1.29, 1.82) is 0 Å². The SMILES string of the molecule is BrCc1cccc2c1-c1cccc(CBr)c1-2. The second kappa shape index (κ2) is 4.01. The fraction of sp³-hybridized carbons (Fsp3) is 0.143. The van der Waals surface area contributed by atoms with E-state index in [-0.39, 0.29) is 0 Å². The molecule has 0 saturated carbocycles. The average Bonchev–Trinajstić information content (AvgIpc) is 2.33. The zero-order valence-electron chi connectivity index (χ0n) is 8.63. The lowest BCUT2D eigenvalue weighted by molar-refractivity contribution is 1.34. The molecule has 0 bridgehead atoms. The number of benzene rings is 2. The Hall–Kier alpha value is -0.600. The fourth-order valence-electron chi connectivity index (χ4n) is 2.41. The summed E-state index contributed by atoms with van der Waals surface area (Å²) in [6.45, 7) is 0. The molecular weight excluding hydrogens is 328 g/mol. The topological polar surface area (TPSA) is 0 Å². The van der Waals surface area contributed by atoms with Crippen molar-refractivity contribution < 1.29 is 0 Å². The second-order valence-electron chi connectivity index (χ2n) is 3.95. The largest absolute Gasteiger partial charge is 0.0876 e. The molecule has 2 heteroatoms. The van der Waals surface area contributed by atoms with E-state index in [2.05, 4.69) is 68.3 Å². The summed E-state index contributed by atoms with van der Waals surface area (Å²) in [5.41, 5.74) is 8.44. The molecule has 0 N–H and O–H groups in total. The number of halogens is 2. The number of rotatable bonds is 2. The molecule has 80 valence electrons. The van der Waals surface area contributed by atoms with E-state index < -0.39 is 0 Å².